The average molecular weight is 289 g/mol. The highest BCUT2D eigenvalue weighted by molar-refractivity contribution is 7.91. The number of hydrogen-bond acceptors (Lipinski definition) is 5. The summed E-state index contributed by atoms with van der Waals surface area (Å²) in [6, 6.07) is 3.58. The fourth-order valence-electron chi connectivity index (χ4n) is 2.09. The molecule has 1 N–H and O–H groups in total. The van der Waals surface area contributed by atoms with Gasteiger partial charge in [-0.3, -0.25) is 9.69 Å². The molecule has 1 fully saturated rings. The number of carboxylic acids is 1. The number of rotatable bonds is 4. The van der Waals surface area contributed by atoms with Crippen molar-refractivity contribution in [3.63, 3.8) is 0 Å². The van der Waals surface area contributed by atoms with Gasteiger partial charge in [0, 0.05) is 18.0 Å². The predicted molar refractivity (Wildman–Crippen MR) is 69.5 cm³/mol. The fraction of sp³-hybridized carbons (Fsp3) is 0.545. The Morgan fingerprint density at radius 3 is 2.61 bits per heavy atom. The number of sulfone groups is 1. The minimum absolute atomic E-state index is 0.0144. The van der Waals surface area contributed by atoms with Crippen molar-refractivity contribution in [2.75, 3.05) is 24.6 Å². The first-order valence-electron chi connectivity index (χ1n) is 5.67. The minimum atomic E-state index is -2.93. The van der Waals surface area contributed by atoms with Crippen LogP contribution in [-0.4, -0.2) is 49.0 Å². The molecule has 0 aromatic carbocycles. The molecule has 2 heterocycles. The molecule has 1 saturated heterocycles. The summed E-state index contributed by atoms with van der Waals surface area (Å²) < 4.78 is 22.8. The molecule has 0 spiro atoms. The van der Waals surface area contributed by atoms with Crippen LogP contribution in [0.5, 0.6) is 0 Å². The van der Waals surface area contributed by atoms with Crippen LogP contribution in [-0.2, 0) is 14.6 Å². The van der Waals surface area contributed by atoms with Gasteiger partial charge in [-0.25, -0.2) is 8.42 Å². The molecule has 0 amide bonds. The molecule has 1 atom stereocenters. The van der Waals surface area contributed by atoms with Crippen molar-refractivity contribution in [1.29, 1.82) is 0 Å². The summed E-state index contributed by atoms with van der Waals surface area (Å²) in [4.78, 5) is 13.9. The summed E-state index contributed by atoms with van der Waals surface area (Å²) in [6.45, 7) is 0.830. The Bertz CT molecular complexity index is 495. The van der Waals surface area contributed by atoms with Crippen LogP contribution < -0.4 is 0 Å². The highest BCUT2D eigenvalue weighted by atomic mass is 32.2. The van der Waals surface area contributed by atoms with Crippen molar-refractivity contribution in [3.05, 3.63) is 22.4 Å². The van der Waals surface area contributed by atoms with Crippen LogP contribution in [0.3, 0.4) is 0 Å². The summed E-state index contributed by atoms with van der Waals surface area (Å²) in [5.74, 6) is -0.620. The number of hydrogen-bond donors (Lipinski definition) is 1. The molecule has 1 aliphatic rings. The van der Waals surface area contributed by atoms with Gasteiger partial charge in [0.2, 0.25) is 0 Å². The average Bonchev–Trinajstić information content (AvgIpc) is 2.79. The highest BCUT2D eigenvalue weighted by Crippen LogP contribution is 2.29. The smallest absolute Gasteiger partial charge is 0.305 e. The van der Waals surface area contributed by atoms with E-state index >= 15 is 0 Å². The zero-order valence-electron chi connectivity index (χ0n) is 9.78. The van der Waals surface area contributed by atoms with Crippen molar-refractivity contribution in [2.24, 2.45) is 0 Å². The summed E-state index contributed by atoms with van der Waals surface area (Å²) in [5.41, 5.74) is 0. The molecule has 0 aliphatic carbocycles. The Morgan fingerprint density at radius 1 is 1.44 bits per heavy atom. The Morgan fingerprint density at radius 2 is 2.11 bits per heavy atom. The fourth-order valence-corrected chi connectivity index (χ4v) is 4.18. The van der Waals surface area contributed by atoms with Crippen molar-refractivity contribution in [2.45, 2.75) is 12.5 Å². The third-order valence-electron chi connectivity index (χ3n) is 3.06. The van der Waals surface area contributed by atoms with Crippen LogP contribution in [0, 0.1) is 0 Å². The zero-order valence-corrected chi connectivity index (χ0v) is 11.4. The molecule has 7 heteroatoms. The lowest BCUT2D eigenvalue weighted by molar-refractivity contribution is -0.138. The van der Waals surface area contributed by atoms with Gasteiger partial charge in [-0.15, -0.1) is 11.3 Å². The summed E-state index contributed by atoms with van der Waals surface area (Å²) in [6.07, 6.45) is 0.0144. The first-order valence-corrected chi connectivity index (χ1v) is 8.38. The van der Waals surface area contributed by atoms with Crippen LogP contribution in [0.15, 0.2) is 17.5 Å². The van der Waals surface area contributed by atoms with Crippen LogP contribution in [0.25, 0.3) is 0 Å². The van der Waals surface area contributed by atoms with Gasteiger partial charge in [-0.2, -0.15) is 0 Å². The molecule has 0 bridgehead atoms. The van der Waals surface area contributed by atoms with E-state index in [2.05, 4.69) is 0 Å². The van der Waals surface area contributed by atoms with Crippen molar-refractivity contribution in [3.8, 4) is 0 Å². The first-order chi connectivity index (χ1) is 8.48. The Hall–Kier alpha value is -0.920. The van der Waals surface area contributed by atoms with Gasteiger partial charge in [-0.1, -0.05) is 6.07 Å². The maximum absolute atomic E-state index is 11.4. The van der Waals surface area contributed by atoms with E-state index in [1.54, 1.807) is 0 Å². The molecule has 1 aliphatic heterocycles. The van der Waals surface area contributed by atoms with E-state index in [0.29, 0.717) is 13.1 Å². The molecule has 2 rings (SSSR count). The number of thiophene rings is 1. The predicted octanol–water partition coefficient (Wildman–Crippen LogP) is 0.994. The lowest BCUT2D eigenvalue weighted by Gasteiger charge is -2.33. The van der Waals surface area contributed by atoms with E-state index < -0.39 is 15.8 Å². The molecule has 18 heavy (non-hydrogen) atoms. The quantitative estimate of drug-likeness (QED) is 0.895. The van der Waals surface area contributed by atoms with Crippen LogP contribution in [0.1, 0.15) is 17.3 Å². The van der Waals surface area contributed by atoms with Gasteiger partial charge in [0.25, 0.3) is 0 Å². The standard InChI is InChI=1S/C11H15NO4S2/c13-11(14)8-9(10-2-1-5-17-10)12-3-6-18(15,16)7-4-12/h1-2,5,9H,3-4,6-8H2,(H,13,14). The Kier molecular flexibility index (Phi) is 4.04. The minimum Gasteiger partial charge on any atom is -0.481 e. The van der Waals surface area contributed by atoms with Crippen molar-refractivity contribution >= 4 is 27.1 Å². The molecule has 1 aromatic rings. The summed E-state index contributed by atoms with van der Waals surface area (Å²) in [7, 11) is -2.93. The molecular formula is C11H15NO4S2. The van der Waals surface area contributed by atoms with E-state index in [4.69, 9.17) is 5.11 Å². The molecule has 0 radical (unpaired) electrons. The van der Waals surface area contributed by atoms with Crippen molar-refractivity contribution in [1.82, 2.24) is 4.90 Å². The van der Waals surface area contributed by atoms with Gasteiger partial charge in [0.15, 0.2) is 9.84 Å². The van der Waals surface area contributed by atoms with Crippen molar-refractivity contribution < 1.29 is 18.3 Å². The maximum Gasteiger partial charge on any atom is 0.305 e. The Balaban J connectivity index is 2.13. The Labute approximate surface area is 110 Å². The molecule has 1 unspecified atom stereocenters. The molecule has 1 aromatic heterocycles. The van der Waals surface area contributed by atoms with Gasteiger partial charge >= 0.3 is 5.97 Å². The van der Waals surface area contributed by atoms with Gasteiger partial charge in [-0.05, 0) is 11.4 Å². The van der Waals surface area contributed by atoms with E-state index in [-0.39, 0.29) is 24.0 Å². The van der Waals surface area contributed by atoms with E-state index in [0.717, 1.165) is 4.88 Å². The molecular weight excluding hydrogens is 274 g/mol. The first kappa shape index (κ1) is 13.5. The molecule has 0 saturated carbocycles. The third kappa shape index (κ3) is 3.30. The number of aliphatic carboxylic acids is 1. The van der Waals surface area contributed by atoms with E-state index in [1.165, 1.54) is 11.3 Å². The third-order valence-corrected chi connectivity index (χ3v) is 5.64. The lowest BCUT2D eigenvalue weighted by atomic mass is 10.1. The van der Waals surface area contributed by atoms with Gasteiger partial charge in [0.1, 0.15) is 0 Å². The van der Waals surface area contributed by atoms with E-state index in [1.807, 2.05) is 22.4 Å². The van der Waals surface area contributed by atoms with Crippen LogP contribution in [0.4, 0.5) is 0 Å². The largest absolute Gasteiger partial charge is 0.481 e. The number of carboxylic acid groups (broad SMARTS) is 1. The maximum atomic E-state index is 11.4. The normalized spacial score (nSPS) is 21.6. The van der Waals surface area contributed by atoms with Gasteiger partial charge in [0.05, 0.1) is 24.0 Å². The zero-order chi connectivity index (χ0) is 13.2. The van der Waals surface area contributed by atoms with Crippen LogP contribution in [0.2, 0.25) is 0 Å². The summed E-state index contributed by atoms with van der Waals surface area (Å²) >= 11 is 1.51. The molecule has 5 nitrogen and oxygen atoms in total. The SMILES string of the molecule is O=C(O)CC(c1cccs1)N1CCS(=O)(=O)CC1. The van der Waals surface area contributed by atoms with E-state index in [9.17, 15) is 13.2 Å². The number of carbonyl (C=O) groups is 1. The second-order valence-corrected chi connectivity index (χ2v) is 7.60. The lowest BCUT2D eigenvalue weighted by Crippen LogP contribution is -2.42. The van der Waals surface area contributed by atoms with Gasteiger partial charge < -0.3 is 5.11 Å². The second kappa shape index (κ2) is 5.38. The topological polar surface area (TPSA) is 74.7 Å². The second-order valence-electron chi connectivity index (χ2n) is 4.32. The molecule has 100 valence electrons. The monoisotopic (exact) mass is 289 g/mol. The highest BCUT2D eigenvalue weighted by Gasteiger charge is 2.29. The van der Waals surface area contributed by atoms with Crippen LogP contribution >= 0.6 is 11.3 Å². The summed E-state index contributed by atoms with van der Waals surface area (Å²) in [5, 5.41) is 10.9. The number of nitrogens with zero attached hydrogens (tertiary/aromatic N) is 1.